The van der Waals surface area contributed by atoms with Crippen molar-refractivity contribution >= 4 is 34.8 Å². The molecule has 2 aromatic rings. The molecule has 0 aromatic heterocycles. The first-order chi connectivity index (χ1) is 11.3. The van der Waals surface area contributed by atoms with Crippen molar-refractivity contribution in [3.8, 4) is 5.75 Å². The molecule has 24 heavy (non-hydrogen) atoms. The number of hydrogen-bond donors (Lipinski definition) is 2. The number of hydrogen-bond acceptors (Lipinski definition) is 3. The molecule has 0 fully saturated rings. The number of halogens is 2. The lowest BCUT2D eigenvalue weighted by Crippen LogP contribution is -2.45. The highest BCUT2D eigenvalue weighted by Gasteiger charge is 2.35. The maximum atomic E-state index is 13.8. The van der Waals surface area contributed by atoms with Crippen LogP contribution in [0.1, 0.15) is 24.2 Å². The van der Waals surface area contributed by atoms with Gasteiger partial charge >= 0.3 is 0 Å². The Morgan fingerprint density at radius 3 is 2.75 bits per heavy atom. The van der Waals surface area contributed by atoms with Gasteiger partial charge in [-0.15, -0.1) is 0 Å². The Labute approximate surface area is 142 Å². The second-order valence-corrected chi connectivity index (χ2v) is 6.24. The molecule has 2 N–H and O–H groups in total. The van der Waals surface area contributed by atoms with Crippen molar-refractivity contribution in [3.63, 3.8) is 0 Å². The van der Waals surface area contributed by atoms with Crippen LogP contribution in [0.4, 0.5) is 15.8 Å². The molecule has 0 saturated heterocycles. The first kappa shape index (κ1) is 16.3. The molecule has 2 amide bonds. The van der Waals surface area contributed by atoms with Crippen LogP contribution in [0.3, 0.4) is 0 Å². The van der Waals surface area contributed by atoms with Crippen LogP contribution in [0.5, 0.6) is 5.75 Å². The second kappa shape index (κ2) is 5.79. The SMILES string of the molecule is CC1(C)Oc2ccc(NC(=O)c3c(F)cccc3Cl)cc2NC1=O. The van der Waals surface area contributed by atoms with Crippen molar-refractivity contribution in [1.29, 1.82) is 0 Å². The third-order valence-electron chi connectivity index (χ3n) is 3.59. The summed E-state index contributed by atoms with van der Waals surface area (Å²) in [5.41, 5.74) is -0.407. The molecule has 0 spiro atoms. The van der Waals surface area contributed by atoms with E-state index < -0.39 is 17.3 Å². The lowest BCUT2D eigenvalue weighted by Gasteiger charge is -2.31. The summed E-state index contributed by atoms with van der Waals surface area (Å²) in [6, 6.07) is 8.76. The van der Waals surface area contributed by atoms with Gasteiger partial charge in [-0.25, -0.2) is 4.39 Å². The van der Waals surface area contributed by atoms with Gasteiger partial charge < -0.3 is 15.4 Å². The molecule has 0 unspecified atom stereocenters. The molecule has 3 rings (SSSR count). The van der Waals surface area contributed by atoms with Crippen LogP contribution in [0.15, 0.2) is 36.4 Å². The number of anilines is 2. The smallest absolute Gasteiger partial charge is 0.268 e. The van der Waals surface area contributed by atoms with Crippen molar-refractivity contribution in [2.24, 2.45) is 0 Å². The van der Waals surface area contributed by atoms with E-state index in [0.717, 1.165) is 6.07 Å². The predicted octanol–water partition coefficient (Wildman–Crippen LogP) is 3.84. The highest BCUT2D eigenvalue weighted by Crippen LogP contribution is 2.35. The number of rotatable bonds is 2. The summed E-state index contributed by atoms with van der Waals surface area (Å²) in [4.78, 5) is 24.2. The second-order valence-electron chi connectivity index (χ2n) is 5.83. The van der Waals surface area contributed by atoms with Crippen LogP contribution < -0.4 is 15.4 Å². The standard InChI is InChI=1S/C17H14ClFN2O3/c1-17(2)16(23)21-12-8-9(6-7-13(12)24-17)20-15(22)14-10(18)4-3-5-11(14)19/h3-8H,1-2H3,(H,20,22)(H,21,23). The molecule has 0 saturated carbocycles. The number of carbonyl (C=O) groups is 2. The van der Waals surface area contributed by atoms with Gasteiger partial charge in [0.2, 0.25) is 0 Å². The lowest BCUT2D eigenvalue weighted by atomic mass is 10.1. The summed E-state index contributed by atoms with van der Waals surface area (Å²) < 4.78 is 19.4. The Bertz CT molecular complexity index is 831. The molecule has 1 aliphatic heterocycles. The van der Waals surface area contributed by atoms with Crippen molar-refractivity contribution in [2.75, 3.05) is 10.6 Å². The molecule has 0 aliphatic carbocycles. The fourth-order valence-electron chi connectivity index (χ4n) is 2.30. The van der Waals surface area contributed by atoms with E-state index in [-0.39, 0.29) is 16.5 Å². The fraction of sp³-hybridized carbons (Fsp3) is 0.176. The Hall–Kier alpha value is -2.60. The zero-order valence-corrected chi connectivity index (χ0v) is 13.7. The average Bonchev–Trinajstić information content (AvgIpc) is 2.48. The summed E-state index contributed by atoms with van der Waals surface area (Å²) in [6.07, 6.45) is 0. The molecule has 0 radical (unpaired) electrons. The monoisotopic (exact) mass is 348 g/mol. The van der Waals surface area contributed by atoms with Crippen molar-refractivity contribution in [3.05, 3.63) is 52.8 Å². The molecule has 0 bridgehead atoms. The van der Waals surface area contributed by atoms with E-state index in [4.69, 9.17) is 16.3 Å². The number of nitrogens with one attached hydrogen (secondary N) is 2. The van der Waals surface area contributed by atoms with Gasteiger partial charge in [0.1, 0.15) is 11.6 Å². The third kappa shape index (κ3) is 2.92. The molecule has 7 heteroatoms. The third-order valence-corrected chi connectivity index (χ3v) is 3.90. The van der Waals surface area contributed by atoms with Gasteiger partial charge in [-0.1, -0.05) is 17.7 Å². The summed E-state index contributed by atoms with van der Waals surface area (Å²) >= 11 is 5.88. The normalized spacial score (nSPS) is 15.1. The lowest BCUT2D eigenvalue weighted by molar-refractivity contribution is -0.129. The number of benzene rings is 2. The molecule has 124 valence electrons. The molecule has 2 aromatic carbocycles. The summed E-state index contributed by atoms with van der Waals surface area (Å²) in [7, 11) is 0. The number of carbonyl (C=O) groups excluding carboxylic acids is 2. The van der Waals surface area contributed by atoms with Gasteiger partial charge in [0.25, 0.3) is 11.8 Å². The quantitative estimate of drug-likeness (QED) is 0.866. The Morgan fingerprint density at radius 1 is 1.29 bits per heavy atom. The first-order valence-corrected chi connectivity index (χ1v) is 7.55. The molecular weight excluding hydrogens is 335 g/mol. The Kier molecular flexibility index (Phi) is 3.93. The largest absolute Gasteiger partial charge is 0.476 e. The van der Waals surface area contributed by atoms with Gasteiger partial charge in [0, 0.05) is 5.69 Å². The average molecular weight is 349 g/mol. The predicted molar refractivity (Wildman–Crippen MR) is 89.1 cm³/mol. The minimum Gasteiger partial charge on any atom is -0.476 e. The molecule has 1 heterocycles. The zero-order chi connectivity index (χ0) is 17.5. The minimum atomic E-state index is -0.974. The highest BCUT2D eigenvalue weighted by atomic mass is 35.5. The topological polar surface area (TPSA) is 67.4 Å². The highest BCUT2D eigenvalue weighted by molar-refractivity contribution is 6.34. The van der Waals surface area contributed by atoms with Crippen LogP contribution in [-0.2, 0) is 4.79 Å². The van der Waals surface area contributed by atoms with E-state index in [2.05, 4.69) is 10.6 Å². The first-order valence-electron chi connectivity index (χ1n) is 7.18. The van der Waals surface area contributed by atoms with Gasteiger partial charge in [-0.3, -0.25) is 9.59 Å². The van der Waals surface area contributed by atoms with Crippen molar-refractivity contribution in [2.45, 2.75) is 19.4 Å². The summed E-state index contributed by atoms with van der Waals surface area (Å²) in [5, 5.41) is 5.28. The minimum absolute atomic E-state index is 0.0174. The van der Waals surface area contributed by atoms with Crippen LogP contribution in [0.2, 0.25) is 5.02 Å². The summed E-state index contributed by atoms with van der Waals surface area (Å²) in [6.45, 7) is 3.31. The molecule has 0 atom stereocenters. The summed E-state index contributed by atoms with van der Waals surface area (Å²) in [5.74, 6) is -1.20. The number of fused-ring (bicyclic) bond motifs is 1. The van der Waals surface area contributed by atoms with Crippen molar-refractivity contribution in [1.82, 2.24) is 0 Å². The van der Waals surface area contributed by atoms with Crippen LogP contribution in [-0.4, -0.2) is 17.4 Å². The Balaban J connectivity index is 1.86. The maximum Gasteiger partial charge on any atom is 0.268 e. The maximum absolute atomic E-state index is 13.8. The molecule has 1 aliphatic rings. The van der Waals surface area contributed by atoms with E-state index in [9.17, 15) is 14.0 Å². The van der Waals surface area contributed by atoms with Crippen LogP contribution >= 0.6 is 11.6 Å². The number of amides is 2. The van der Waals surface area contributed by atoms with Gasteiger partial charge in [0.15, 0.2) is 5.60 Å². The van der Waals surface area contributed by atoms with E-state index in [0.29, 0.717) is 17.1 Å². The van der Waals surface area contributed by atoms with Crippen molar-refractivity contribution < 1.29 is 18.7 Å². The number of ether oxygens (including phenoxy) is 1. The van der Waals surface area contributed by atoms with Crippen LogP contribution in [0.25, 0.3) is 0 Å². The van der Waals surface area contributed by atoms with E-state index in [1.165, 1.54) is 18.2 Å². The van der Waals surface area contributed by atoms with Crippen LogP contribution in [0, 0.1) is 5.82 Å². The zero-order valence-electron chi connectivity index (χ0n) is 12.9. The van der Waals surface area contributed by atoms with Gasteiger partial charge in [0.05, 0.1) is 16.3 Å². The van der Waals surface area contributed by atoms with Gasteiger partial charge in [-0.05, 0) is 44.2 Å². The molecule has 5 nitrogen and oxygen atoms in total. The fourth-order valence-corrected chi connectivity index (χ4v) is 2.55. The molecular formula is C17H14ClFN2O3. The van der Waals surface area contributed by atoms with Gasteiger partial charge in [-0.2, -0.15) is 0 Å². The van der Waals surface area contributed by atoms with E-state index >= 15 is 0 Å². The van der Waals surface area contributed by atoms with E-state index in [1.807, 2.05) is 0 Å². The van der Waals surface area contributed by atoms with E-state index in [1.54, 1.807) is 26.0 Å². The Morgan fingerprint density at radius 2 is 2.04 bits per heavy atom.